The van der Waals surface area contributed by atoms with Crippen LogP contribution < -0.4 is 10.8 Å². The van der Waals surface area contributed by atoms with Gasteiger partial charge < -0.3 is 5.32 Å². The first-order valence-electron chi connectivity index (χ1n) is 5.23. The van der Waals surface area contributed by atoms with E-state index in [1.807, 2.05) is 51.1 Å². The maximum atomic E-state index is 11.3. The number of amides is 2. The monoisotopic (exact) mass is 222 g/mol. The molecule has 0 heterocycles. The predicted octanol–water partition coefficient (Wildman–Crippen LogP) is 2.22. The highest BCUT2D eigenvalue weighted by atomic mass is 16.7. The number of hydroxylamine groups is 1. The Morgan fingerprint density at radius 3 is 2.44 bits per heavy atom. The van der Waals surface area contributed by atoms with Crippen molar-refractivity contribution >= 4 is 6.03 Å². The molecule has 4 nitrogen and oxygen atoms in total. The van der Waals surface area contributed by atoms with E-state index in [-0.39, 0.29) is 11.6 Å². The Morgan fingerprint density at radius 1 is 1.25 bits per heavy atom. The lowest BCUT2D eigenvalue weighted by molar-refractivity contribution is -0.0529. The van der Waals surface area contributed by atoms with Gasteiger partial charge in [0.05, 0.1) is 5.60 Å². The third kappa shape index (κ3) is 5.36. The van der Waals surface area contributed by atoms with Crippen molar-refractivity contribution in [2.45, 2.75) is 32.9 Å². The molecule has 0 bridgehead atoms. The van der Waals surface area contributed by atoms with Crippen molar-refractivity contribution in [3.8, 4) is 0 Å². The molecule has 0 aliphatic heterocycles. The molecular formula is C12H18N2O2. The van der Waals surface area contributed by atoms with Crippen molar-refractivity contribution in [3.63, 3.8) is 0 Å². The molecule has 0 spiro atoms. The molecule has 0 aliphatic rings. The van der Waals surface area contributed by atoms with Crippen LogP contribution in [0.25, 0.3) is 0 Å². The molecule has 88 valence electrons. The molecule has 1 aromatic carbocycles. The van der Waals surface area contributed by atoms with Crippen LogP contribution in [0.4, 0.5) is 4.79 Å². The molecule has 0 saturated carbocycles. The molecule has 2 N–H and O–H groups in total. The lowest BCUT2D eigenvalue weighted by Gasteiger charge is -2.19. The molecule has 0 aromatic heterocycles. The van der Waals surface area contributed by atoms with Gasteiger partial charge in [0.2, 0.25) is 0 Å². The SMILES string of the molecule is CC(C)(C)ONC(=O)NCc1ccccc1. The molecule has 1 rings (SSSR count). The summed E-state index contributed by atoms with van der Waals surface area (Å²) in [5.74, 6) is 0. The van der Waals surface area contributed by atoms with E-state index in [9.17, 15) is 4.79 Å². The zero-order chi connectivity index (χ0) is 12.0. The first kappa shape index (κ1) is 12.5. The highest BCUT2D eigenvalue weighted by Gasteiger charge is 2.12. The van der Waals surface area contributed by atoms with Crippen LogP contribution in [-0.4, -0.2) is 11.6 Å². The van der Waals surface area contributed by atoms with Gasteiger partial charge in [-0.25, -0.2) is 10.3 Å². The standard InChI is InChI=1S/C12H18N2O2/c1-12(2,3)16-14-11(15)13-9-10-7-5-4-6-8-10/h4-8H,9H2,1-3H3,(H2,13,14,15). The molecule has 0 aliphatic carbocycles. The summed E-state index contributed by atoms with van der Waals surface area (Å²) in [6.45, 7) is 6.08. The van der Waals surface area contributed by atoms with Gasteiger partial charge >= 0.3 is 6.03 Å². The molecule has 0 fully saturated rings. The number of hydrogen-bond donors (Lipinski definition) is 2. The summed E-state index contributed by atoms with van der Waals surface area (Å²) in [6, 6.07) is 9.36. The molecule has 0 radical (unpaired) electrons. The van der Waals surface area contributed by atoms with Gasteiger partial charge in [-0.1, -0.05) is 30.3 Å². The lowest BCUT2D eigenvalue weighted by Crippen LogP contribution is -2.39. The smallest absolute Gasteiger partial charge is 0.332 e. The van der Waals surface area contributed by atoms with Gasteiger partial charge in [-0.2, -0.15) is 0 Å². The Labute approximate surface area is 95.9 Å². The van der Waals surface area contributed by atoms with Crippen LogP contribution in [0, 0.1) is 0 Å². The Kier molecular flexibility index (Phi) is 4.31. The summed E-state index contributed by atoms with van der Waals surface area (Å²) in [5, 5.41) is 2.70. The van der Waals surface area contributed by atoms with E-state index in [0.29, 0.717) is 6.54 Å². The van der Waals surface area contributed by atoms with E-state index < -0.39 is 0 Å². The molecule has 4 heteroatoms. The topological polar surface area (TPSA) is 50.4 Å². The fraction of sp³-hybridized carbons (Fsp3) is 0.417. The fourth-order valence-corrected chi connectivity index (χ4v) is 1.01. The maximum absolute atomic E-state index is 11.3. The second-order valence-electron chi connectivity index (χ2n) is 4.48. The number of carbonyl (C=O) groups excluding carboxylic acids is 1. The molecule has 16 heavy (non-hydrogen) atoms. The highest BCUT2D eigenvalue weighted by molar-refractivity contribution is 5.72. The van der Waals surface area contributed by atoms with Crippen molar-refractivity contribution in [1.82, 2.24) is 10.8 Å². The minimum absolute atomic E-state index is 0.334. The predicted molar refractivity (Wildman–Crippen MR) is 62.7 cm³/mol. The molecular weight excluding hydrogens is 204 g/mol. The van der Waals surface area contributed by atoms with Crippen molar-refractivity contribution < 1.29 is 9.63 Å². The van der Waals surface area contributed by atoms with Crippen LogP contribution in [-0.2, 0) is 11.4 Å². The van der Waals surface area contributed by atoms with Crippen LogP contribution in [0.1, 0.15) is 26.3 Å². The molecule has 0 saturated heterocycles. The van der Waals surface area contributed by atoms with Gasteiger partial charge in [0, 0.05) is 6.54 Å². The number of hydrogen-bond acceptors (Lipinski definition) is 2. The lowest BCUT2D eigenvalue weighted by atomic mass is 10.2. The van der Waals surface area contributed by atoms with Crippen molar-refractivity contribution in [3.05, 3.63) is 35.9 Å². The minimum Gasteiger partial charge on any atom is -0.332 e. The zero-order valence-corrected chi connectivity index (χ0v) is 9.91. The van der Waals surface area contributed by atoms with Crippen LogP contribution in [0.5, 0.6) is 0 Å². The van der Waals surface area contributed by atoms with Gasteiger partial charge in [0.1, 0.15) is 0 Å². The van der Waals surface area contributed by atoms with E-state index in [0.717, 1.165) is 5.56 Å². The molecule has 0 atom stereocenters. The molecule has 1 aromatic rings. The van der Waals surface area contributed by atoms with Gasteiger partial charge in [-0.3, -0.25) is 4.84 Å². The summed E-state index contributed by atoms with van der Waals surface area (Å²) in [6.07, 6.45) is 0. The summed E-state index contributed by atoms with van der Waals surface area (Å²) in [7, 11) is 0. The van der Waals surface area contributed by atoms with E-state index in [4.69, 9.17) is 4.84 Å². The van der Waals surface area contributed by atoms with E-state index in [2.05, 4.69) is 10.8 Å². The minimum atomic E-state index is -0.385. The normalized spacial score (nSPS) is 10.9. The summed E-state index contributed by atoms with van der Waals surface area (Å²) >= 11 is 0. The second kappa shape index (κ2) is 5.51. The van der Waals surface area contributed by atoms with Crippen molar-refractivity contribution in [2.24, 2.45) is 0 Å². The first-order valence-corrected chi connectivity index (χ1v) is 5.23. The van der Waals surface area contributed by atoms with Gasteiger partial charge in [0.25, 0.3) is 0 Å². The average molecular weight is 222 g/mol. The van der Waals surface area contributed by atoms with Crippen LogP contribution >= 0.6 is 0 Å². The largest absolute Gasteiger partial charge is 0.338 e. The Balaban J connectivity index is 2.26. The van der Waals surface area contributed by atoms with Gasteiger partial charge in [-0.15, -0.1) is 0 Å². The summed E-state index contributed by atoms with van der Waals surface area (Å²) in [4.78, 5) is 16.4. The van der Waals surface area contributed by atoms with Crippen LogP contribution in [0.2, 0.25) is 0 Å². The second-order valence-corrected chi connectivity index (χ2v) is 4.48. The third-order valence-electron chi connectivity index (χ3n) is 1.75. The highest BCUT2D eigenvalue weighted by Crippen LogP contribution is 2.03. The number of benzene rings is 1. The van der Waals surface area contributed by atoms with Crippen molar-refractivity contribution in [1.29, 1.82) is 0 Å². The molecule has 2 amide bonds. The summed E-state index contributed by atoms with van der Waals surface area (Å²) in [5.41, 5.74) is 3.01. The van der Waals surface area contributed by atoms with Crippen LogP contribution in [0.15, 0.2) is 30.3 Å². The first-order chi connectivity index (χ1) is 7.47. The Hall–Kier alpha value is -1.55. The van der Waals surface area contributed by atoms with Gasteiger partial charge in [-0.05, 0) is 26.3 Å². The zero-order valence-electron chi connectivity index (χ0n) is 9.91. The number of rotatable bonds is 3. The number of urea groups is 1. The van der Waals surface area contributed by atoms with Crippen molar-refractivity contribution in [2.75, 3.05) is 0 Å². The fourth-order valence-electron chi connectivity index (χ4n) is 1.01. The van der Waals surface area contributed by atoms with Crippen LogP contribution in [0.3, 0.4) is 0 Å². The third-order valence-corrected chi connectivity index (χ3v) is 1.75. The maximum Gasteiger partial charge on any atom is 0.338 e. The van der Waals surface area contributed by atoms with E-state index in [1.54, 1.807) is 0 Å². The van der Waals surface area contributed by atoms with E-state index in [1.165, 1.54) is 0 Å². The van der Waals surface area contributed by atoms with E-state index >= 15 is 0 Å². The number of carbonyl (C=O) groups is 1. The van der Waals surface area contributed by atoms with Gasteiger partial charge in [0.15, 0.2) is 0 Å². The Bertz CT molecular complexity index is 331. The molecule has 0 unspecified atom stereocenters. The quantitative estimate of drug-likeness (QED) is 0.770. The summed E-state index contributed by atoms with van der Waals surface area (Å²) < 4.78 is 0. The number of nitrogens with one attached hydrogen (secondary N) is 2. The Morgan fingerprint density at radius 2 is 1.88 bits per heavy atom. The average Bonchev–Trinajstić information content (AvgIpc) is 2.24.